The molecule has 0 bridgehead atoms. The van der Waals surface area contributed by atoms with Crippen LogP contribution in [0.1, 0.15) is 45.1 Å². The van der Waals surface area contributed by atoms with E-state index in [0.29, 0.717) is 12.4 Å². The first-order chi connectivity index (χ1) is 17.9. The van der Waals surface area contributed by atoms with Crippen molar-refractivity contribution in [2.75, 3.05) is 0 Å². The molecule has 1 amide bonds. The molecule has 1 unspecified atom stereocenters. The van der Waals surface area contributed by atoms with Crippen molar-refractivity contribution in [1.82, 2.24) is 25.5 Å². The fourth-order valence-electron chi connectivity index (χ4n) is 5.36. The van der Waals surface area contributed by atoms with Crippen LogP contribution in [0.5, 0.6) is 0 Å². The van der Waals surface area contributed by atoms with Crippen molar-refractivity contribution in [3.05, 3.63) is 66.2 Å². The lowest BCUT2D eigenvalue weighted by atomic mass is 9.96. The highest BCUT2D eigenvalue weighted by atomic mass is 16.4. The van der Waals surface area contributed by atoms with Crippen LogP contribution in [0, 0.1) is 11.8 Å². The molecule has 1 atom stereocenters. The number of aromatic amines is 1. The van der Waals surface area contributed by atoms with Gasteiger partial charge in [0.1, 0.15) is 6.04 Å². The summed E-state index contributed by atoms with van der Waals surface area (Å²) < 4.78 is 0. The highest BCUT2D eigenvalue weighted by Gasteiger charge is 2.36. The largest absolute Gasteiger partial charge is 0.480 e. The van der Waals surface area contributed by atoms with Crippen LogP contribution in [0.25, 0.3) is 33.3 Å². The molecule has 2 N–H and O–H groups in total. The Bertz CT molecular complexity index is 1390. The summed E-state index contributed by atoms with van der Waals surface area (Å²) in [4.78, 5) is 27.2. The maximum Gasteiger partial charge on any atom is 0.326 e. The molecule has 1 heterocycles. The molecule has 37 heavy (non-hydrogen) atoms. The number of carboxylic acid groups (broad SMARTS) is 1. The number of benzene rings is 3. The smallest absolute Gasteiger partial charge is 0.326 e. The van der Waals surface area contributed by atoms with Crippen molar-refractivity contribution in [3.63, 3.8) is 0 Å². The minimum Gasteiger partial charge on any atom is -0.480 e. The summed E-state index contributed by atoms with van der Waals surface area (Å²) in [5.41, 5.74) is 3.99. The summed E-state index contributed by atoms with van der Waals surface area (Å²) in [5.74, 6) is -0.677. The molecule has 0 spiro atoms. The Hall–Kier alpha value is -4.07. The van der Waals surface area contributed by atoms with Crippen molar-refractivity contribution in [2.45, 2.75) is 52.1 Å². The van der Waals surface area contributed by atoms with Crippen molar-refractivity contribution >= 4 is 22.6 Å². The van der Waals surface area contributed by atoms with E-state index in [9.17, 15) is 14.7 Å². The summed E-state index contributed by atoms with van der Waals surface area (Å²) in [7, 11) is 0. The number of carbonyl (C=O) groups is 2. The number of nitrogens with zero attached hydrogens (tertiary/aromatic N) is 4. The standard InChI is InChI=1S/C29H31N5O3/c1-18(2)26(29(36)37)34(28(35)22-5-3-4-6-22)17-19-7-8-25-16-24(14-13-23(25)15-19)20-9-11-21(12-10-20)27-30-32-33-31-27/h7-16,18,22,26H,3-6,17H2,1-2H3,(H,36,37)(H,30,31,32,33). The molecular formula is C29H31N5O3. The van der Waals surface area contributed by atoms with Gasteiger partial charge in [0, 0.05) is 18.0 Å². The van der Waals surface area contributed by atoms with Gasteiger partial charge in [0.15, 0.2) is 0 Å². The van der Waals surface area contributed by atoms with E-state index in [2.05, 4.69) is 44.9 Å². The molecule has 1 aromatic heterocycles. The number of aromatic nitrogens is 4. The molecule has 1 saturated carbocycles. The van der Waals surface area contributed by atoms with Gasteiger partial charge in [-0.3, -0.25) is 4.79 Å². The van der Waals surface area contributed by atoms with E-state index in [1.54, 1.807) is 4.90 Å². The van der Waals surface area contributed by atoms with E-state index < -0.39 is 12.0 Å². The number of H-pyrrole nitrogens is 1. The predicted molar refractivity (Wildman–Crippen MR) is 141 cm³/mol. The first-order valence-electron chi connectivity index (χ1n) is 12.8. The second-order valence-corrected chi connectivity index (χ2v) is 10.2. The number of aliphatic carboxylic acids is 1. The zero-order valence-electron chi connectivity index (χ0n) is 21.1. The van der Waals surface area contributed by atoms with Crippen molar-refractivity contribution in [3.8, 4) is 22.5 Å². The van der Waals surface area contributed by atoms with Crippen LogP contribution >= 0.6 is 0 Å². The lowest BCUT2D eigenvalue weighted by molar-refractivity contribution is -0.154. The Labute approximate surface area is 215 Å². The van der Waals surface area contributed by atoms with Gasteiger partial charge in [-0.15, -0.1) is 10.2 Å². The molecule has 0 radical (unpaired) electrons. The van der Waals surface area contributed by atoms with Gasteiger partial charge >= 0.3 is 5.97 Å². The van der Waals surface area contributed by atoms with Crippen LogP contribution < -0.4 is 0 Å². The Morgan fingerprint density at radius 2 is 1.59 bits per heavy atom. The molecule has 3 aromatic carbocycles. The van der Waals surface area contributed by atoms with Gasteiger partial charge in [-0.2, -0.15) is 5.21 Å². The van der Waals surface area contributed by atoms with Crippen LogP contribution in [0.15, 0.2) is 60.7 Å². The van der Waals surface area contributed by atoms with E-state index in [1.807, 2.05) is 50.2 Å². The summed E-state index contributed by atoms with van der Waals surface area (Å²) in [6.45, 7) is 4.02. The molecule has 1 aliphatic rings. The maximum absolute atomic E-state index is 13.4. The molecule has 8 nitrogen and oxygen atoms in total. The fraction of sp³-hybridized carbons (Fsp3) is 0.345. The molecule has 0 aliphatic heterocycles. The molecule has 4 aromatic rings. The molecule has 8 heteroatoms. The van der Waals surface area contributed by atoms with Gasteiger partial charge in [-0.1, -0.05) is 75.2 Å². The maximum atomic E-state index is 13.4. The van der Waals surface area contributed by atoms with Gasteiger partial charge in [0.25, 0.3) is 0 Å². The summed E-state index contributed by atoms with van der Waals surface area (Å²) in [6.07, 6.45) is 3.75. The van der Waals surface area contributed by atoms with Gasteiger partial charge in [-0.05, 0) is 63.6 Å². The number of rotatable bonds is 8. The van der Waals surface area contributed by atoms with Crippen LogP contribution in [-0.4, -0.2) is 48.5 Å². The third kappa shape index (κ3) is 5.23. The first-order valence-corrected chi connectivity index (χ1v) is 12.8. The second-order valence-electron chi connectivity index (χ2n) is 10.2. The third-order valence-corrected chi connectivity index (χ3v) is 7.29. The van der Waals surface area contributed by atoms with E-state index in [0.717, 1.165) is 58.7 Å². The van der Waals surface area contributed by atoms with Crippen LogP contribution in [0.4, 0.5) is 0 Å². The summed E-state index contributed by atoms with van der Waals surface area (Å²) in [6, 6.07) is 19.6. The average molecular weight is 498 g/mol. The zero-order chi connectivity index (χ0) is 25.9. The van der Waals surface area contributed by atoms with E-state index in [-0.39, 0.29) is 17.7 Å². The molecule has 190 valence electrons. The molecular weight excluding hydrogens is 466 g/mol. The van der Waals surface area contributed by atoms with Crippen LogP contribution in [0.2, 0.25) is 0 Å². The zero-order valence-corrected chi connectivity index (χ0v) is 21.1. The number of nitrogens with one attached hydrogen (secondary N) is 1. The third-order valence-electron chi connectivity index (χ3n) is 7.29. The molecule has 5 rings (SSSR count). The van der Waals surface area contributed by atoms with Crippen molar-refractivity contribution in [1.29, 1.82) is 0 Å². The topological polar surface area (TPSA) is 112 Å². The number of carbonyl (C=O) groups excluding carboxylic acids is 1. The van der Waals surface area contributed by atoms with Gasteiger partial charge < -0.3 is 10.0 Å². The summed E-state index contributed by atoms with van der Waals surface area (Å²) in [5, 5.41) is 26.2. The Morgan fingerprint density at radius 1 is 0.946 bits per heavy atom. The Balaban J connectivity index is 1.40. The van der Waals surface area contributed by atoms with Crippen molar-refractivity contribution in [2.24, 2.45) is 11.8 Å². The Morgan fingerprint density at radius 3 is 2.24 bits per heavy atom. The quantitative estimate of drug-likeness (QED) is 0.341. The highest BCUT2D eigenvalue weighted by molar-refractivity contribution is 5.89. The SMILES string of the molecule is CC(C)C(C(=O)O)N(Cc1ccc2cc(-c3ccc(-c4nn[nH]n4)cc3)ccc2c1)C(=O)C1CCCC1. The van der Waals surface area contributed by atoms with Crippen LogP contribution in [0.3, 0.4) is 0 Å². The first kappa shape index (κ1) is 24.6. The van der Waals surface area contributed by atoms with Gasteiger partial charge in [-0.25, -0.2) is 4.79 Å². The van der Waals surface area contributed by atoms with Gasteiger partial charge in [0.2, 0.25) is 11.7 Å². The normalized spacial score (nSPS) is 14.8. The monoisotopic (exact) mass is 497 g/mol. The highest BCUT2D eigenvalue weighted by Crippen LogP contribution is 2.31. The van der Waals surface area contributed by atoms with E-state index >= 15 is 0 Å². The number of hydrogen-bond acceptors (Lipinski definition) is 5. The fourth-order valence-corrected chi connectivity index (χ4v) is 5.36. The second kappa shape index (κ2) is 10.5. The Kier molecular flexibility index (Phi) is 6.99. The predicted octanol–water partition coefficient (Wildman–Crippen LogP) is 5.31. The van der Waals surface area contributed by atoms with Crippen LogP contribution in [-0.2, 0) is 16.1 Å². The average Bonchev–Trinajstić information content (AvgIpc) is 3.62. The number of amides is 1. The minimum absolute atomic E-state index is 0.0293. The lowest BCUT2D eigenvalue weighted by Crippen LogP contribution is -2.49. The minimum atomic E-state index is -0.947. The van der Waals surface area contributed by atoms with Crippen molar-refractivity contribution < 1.29 is 14.7 Å². The number of tetrazole rings is 1. The lowest BCUT2D eigenvalue weighted by Gasteiger charge is -2.33. The summed E-state index contributed by atoms with van der Waals surface area (Å²) >= 11 is 0. The molecule has 0 saturated heterocycles. The van der Waals surface area contributed by atoms with E-state index in [4.69, 9.17) is 0 Å². The van der Waals surface area contributed by atoms with E-state index in [1.165, 1.54) is 0 Å². The number of fused-ring (bicyclic) bond motifs is 1. The number of carboxylic acids is 1. The number of hydrogen-bond donors (Lipinski definition) is 2. The molecule has 1 fully saturated rings. The van der Waals surface area contributed by atoms with Gasteiger partial charge in [0.05, 0.1) is 0 Å². The molecule has 1 aliphatic carbocycles.